The highest BCUT2D eigenvalue weighted by Crippen LogP contribution is 2.48. The molecule has 0 spiro atoms. The lowest BCUT2D eigenvalue weighted by molar-refractivity contribution is 0.0937. The molecule has 1 unspecified atom stereocenters. The molecule has 0 saturated carbocycles. The maximum atomic E-state index is 10.4. The summed E-state index contributed by atoms with van der Waals surface area (Å²) in [5.74, 6) is 0. The average molecular weight is 203 g/mol. The molecule has 68 valence electrons. The van der Waals surface area contributed by atoms with Crippen molar-refractivity contribution in [2.75, 3.05) is 13.2 Å². The SMILES string of the molecule is CC(C)(CO)COP(=O)(O)Cl. The topological polar surface area (TPSA) is 66.8 Å². The quantitative estimate of drug-likeness (QED) is 0.676. The van der Waals surface area contributed by atoms with Gasteiger partial charge >= 0.3 is 6.95 Å². The van der Waals surface area contributed by atoms with Crippen molar-refractivity contribution in [2.45, 2.75) is 13.8 Å². The second-order valence-corrected chi connectivity index (χ2v) is 5.49. The Morgan fingerprint density at radius 1 is 1.64 bits per heavy atom. The lowest BCUT2D eigenvalue weighted by atomic mass is 9.97. The Bertz CT molecular complexity index is 164. The minimum absolute atomic E-state index is 0.0409. The van der Waals surface area contributed by atoms with Gasteiger partial charge in [-0.1, -0.05) is 13.8 Å². The number of hydrogen-bond acceptors (Lipinski definition) is 3. The van der Waals surface area contributed by atoms with E-state index in [2.05, 4.69) is 4.52 Å². The van der Waals surface area contributed by atoms with Crippen molar-refractivity contribution in [1.29, 1.82) is 0 Å². The maximum Gasteiger partial charge on any atom is 0.421 e. The highest BCUT2D eigenvalue weighted by Gasteiger charge is 2.22. The van der Waals surface area contributed by atoms with Crippen LogP contribution in [0.5, 0.6) is 0 Å². The van der Waals surface area contributed by atoms with E-state index in [1.165, 1.54) is 0 Å². The molecule has 0 aliphatic rings. The Balaban J connectivity index is 3.80. The van der Waals surface area contributed by atoms with E-state index in [-0.39, 0.29) is 13.2 Å². The zero-order chi connectivity index (χ0) is 9.12. The van der Waals surface area contributed by atoms with Crippen molar-refractivity contribution in [3.05, 3.63) is 0 Å². The molecule has 0 rings (SSSR count). The van der Waals surface area contributed by atoms with Crippen molar-refractivity contribution in [1.82, 2.24) is 0 Å². The van der Waals surface area contributed by atoms with Gasteiger partial charge in [0.2, 0.25) is 0 Å². The molecule has 0 bridgehead atoms. The first-order chi connectivity index (χ1) is 4.77. The molecule has 0 saturated heterocycles. The second-order valence-electron chi connectivity index (χ2n) is 3.05. The molecule has 11 heavy (non-hydrogen) atoms. The molecule has 2 N–H and O–H groups in total. The Hall–Kier alpha value is 0.400. The zero-order valence-electron chi connectivity index (χ0n) is 6.45. The van der Waals surface area contributed by atoms with Crippen LogP contribution in [0.1, 0.15) is 13.8 Å². The highest BCUT2D eigenvalue weighted by molar-refractivity contribution is 7.80. The van der Waals surface area contributed by atoms with Crippen LogP contribution in [0.25, 0.3) is 0 Å². The van der Waals surface area contributed by atoms with Gasteiger partial charge in [-0.3, -0.25) is 4.52 Å². The van der Waals surface area contributed by atoms with Gasteiger partial charge in [0.1, 0.15) is 0 Å². The molecular weight excluding hydrogens is 190 g/mol. The van der Waals surface area contributed by atoms with Crippen molar-refractivity contribution in [2.24, 2.45) is 5.41 Å². The Labute approximate surface area is 70.5 Å². The van der Waals surface area contributed by atoms with Crippen LogP contribution >= 0.6 is 18.2 Å². The van der Waals surface area contributed by atoms with Crippen LogP contribution in [0.15, 0.2) is 0 Å². The van der Waals surface area contributed by atoms with Crippen LogP contribution in [0, 0.1) is 5.41 Å². The van der Waals surface area contributed by atoms with E-state index < -0.39 is 12.4 Å². The van der Waals surface area contributed by atoms with Gasteiger partial charge < -0.3 is 10.00 Å². The minimum Gasteiger partial charge on any atom is -0.396 e. The Morgan fingerprint density at radius 3 is 2.36 bits per heavy atom. The second kappa shape index (κ2) is 3.87. The summed E-state index contributed by atoms with van der Waals surface area (Å²) in [7, 11) is 0. The van der Waals surface area contributed by atoms with Gasteiger partial charge in [0.15, 0.2) is 0 Å². The van der Waals surface area contributed by atoms with Crippen LogP contribution in [0.2, 0.25) is 0 Å². The smallest absolute Gasteiger partial charge is 0.396 e. The predicted octanol–water partition coefficient (Wildman–Crippen LogP) is 1.36. The third-order valence-electron chi connectivity index (χ3n) is 1.04. The van der Waals surface area contributed by atoms with Crippen molar-refractivity contribution in [3.63, 3.8) is 0 Å². The number of aliphatic hydroxyl groups excluding tert-OH is 1. The molecule has 0 fully saturated rings. The summed E-state index contributed by atoms with van der Waals surface area (Å²) in [4.78, 5) is 8.49. The van der Waals surface area contributed by atoms with Gasteiger partial charge in [0.25, 0.3) is 0 Å². The molecule has 0 aliphatic heterocycles. The molecule has 0 aromatic carbocycles. The average Bonchev–Trinajstić information content (AvgIpc) is 1.83. The molecule has 0 heterocycles. The van der Waals surface area contributed by atoms with Gasteiger partial charge in [-0.2, -0.15) is 0 Å². The van der Waals surface area contributed by atoms with E-state index in [9.17, 15) is 4.57 Å². The van der Waals surface area contributed by atoms with Crippen LogP contribution in [-0.4, -0.2) is 23.2 Å². The summed E-state index contributed by atoms with van der Waals surface area (Å²) in [5.41, 5.74) is -0.534. The first-order valence-corrected chi connectivity index (χ1v) is 5.53. The predicted molar refractivity (Wildman–Crippen MR) is 42.5 cm³/mol. The lowest BCUT2D eigenvalue weighted by Crippen LogP contribution is -2.22. The van der Waals surface area contributed by atoms with Gasteiger partial charge in [-0.05, 0) is 0 Å². The Kier molecular flexibility index (Phi) is 4.02. The molecular formula is C5H12ClO4P. The van der Waals surface area contributed by atoms with Gasteiger partial charge in [-0.25, -0.2) is 4.57 Å². The zero-order valence-corrected chi connectivity index (χ0v) is 8.10. The molecule has 0 radical (unpaired) electrons. The van der Waals surface area contributed by atoms with E-state index in [4.69, 9.17) is 21.2 Å². The summed E-state index contributed by atoms with van der Waals surface area (Å²) < 4.78 is 14.8. The fourth-order valence-corrected chi connectivity index (χ4v) is 0.955. The van der Waals surface area contributed by atoms with Gasteiger partial charge in [-0.15, -0.1) is 0 Å². The molecule has 0 aromatic rings. The molecule has 0 aliphatic carbocycles. The third kappa shape index (κ3) is 6.78. The molecule has 0 aromatic heterocycles. The molecule has 0 amide bonds. The summed E-state index contributed by atoms with van der Waals surface area (Å²) in [6.07, 6.45) is 0. The van der Waals surface area contributed by atoms with E-state index in [0.717, 1.165) is 0 Å². The molecule has 1 atom stereocenters. The van der Waals surface area contributed by atoms with Gasteiger partial charge in [0.05, 0.1) is 13.2 Å². The Morgan fingerprint density at radius 2 is 2.09 bits per heavy atom. The largest absolute Gasteiger partial charge is 0.421 e. The standard InChI is InChI=1S/C5H12ClO4P/c1-5(2,3-7)4-10-11(6,8)9/h7H,3-4H2,1-2H3,(H,8,9). The normalized spacial score (nSPS) is 17.9. The summed E-state index contributed by atoms with van der Waals surface area (Å²) in [5, 5.41) is 8.70. The van der Waals surface area contributed by atoms with Gasteiger partial charge in [0, 0.05) is 16.7 Å². The molecule has 6 heteroatoms. The van der Waals surface area contributed by atoms with Crippen LogP contribution in [0.3, 0.4) is 0 Å². The number of aliphatic hydroxyl groups is 1. The number of halogens is 1. The third-order valence-corrected chi connectivity index (χ3v) is 1.78. The summed E-state index contributed by atoms with van der Waals surface area (Å²) >= 11 is 4.90. The maximum absolute atomic E-state index is 10.4. The molecule has 4 nitrogen and oxygen atoms in total. The van der Waals surface area contributed by atoms with Crippen LogP contribution < -0.4 is 0 Å². The fourth-order valence-electron chi connectivity index (χ4n) is 0.300. The minimum atomic E-state index is -3.91. The van der Waals surface area contributed by atoms with E-state index >= 15 is 0 Å². The van der Waals surface area contributed by atoms with E-state index in [0.29, 0.717) is 0 Å². The van der Waals surface area contributed by atoms with Crippen molar-refractivity contribution >= 4 is 18.2 Å². The highest BCUT2D eigenvalue weighted by atomic mass is 35.7. The van der Waals surface area contributed by atoms with Crippen molar-refractivity contribution < 1.29 is 19.1 Å². The number of hydrogen-bond donors (Lipinski definition) is 2. The lowest BCUT2D eigenvalue weighted by Gasteiger charge is -2.20. The first-order valence-electron chi connectivity index (χ1n) is 3.05. The van der Waals surface area contributed by atoms with E-state index in [1.54, 1.807) is 13.8 Å². The van der Waals surface area contributed by atoms with Crippen LogP contribution in [-0.2, 0) is 9.09 Å². The fraction of sp³-hybridized carbons (Fsp3) is 1.00. The summed E-state index contributed by atoms with van der Waals surface area (Å²) in [6.45, 7) is -0.688. The van der Waals surface area contributed by atoms with E-state index in [1.807, 2.05) is 0 Å². The monoisotopic (exact) mass is 202 g/mol. The van der Waals surface area contributed by atoms with Crippen molar-refractivity contribution in [3.8, 4) is 0 Å². The summed E-state index contributed by atoms with van der Waals surface area (Å²) in [6, 6.07) is 0. The first kappa shape index (κ1) is 11.4. The number of rotatable bonds is 4. The van der Waals surface area contributed by atoms with Crippen LogP contribution in [0.4, 0.5) is 0 Å².